The van der Waals surface area contributed by atoms with Crippen LogP contribution in [0, 0.1) is 5.92 Å². The highest BCUT2D eigenvalue weighted by molar-refractivity contribution is 5.03. The van der Waals surface area contributed by atoms with E-state index in [1.807, 2.05) is 0 Å². The Kier molecular flexibility index (Phi) is 3.14. The highest BCUT2D eigenvalue weighted by Crippen LogP contribution is 2.38. The van der Waals surface area contributed by atoms with Gasteiger partial charge in [-0.25, -0.2) is 0 Å². The zero-order valence-corrected chi connectivity index (χ0v) is 11.6. The Morgan fingerprint density at radius 3 is 2.50 bits per heavy atom. The van der Waals surface area contributed by atoms with Crippen LogP contribution in [0.15, 0.2) is 4.52 Å². The van der Waals surface area contributed by atoms with Gasteiger partial charge in [-0.3, -0.25) is 4.90 Å². The molecule has 0 bridgehead atoms. The smallest absolute Gasteiger partial charge is 0.240 e. The molecule has 2 fully saturated rings. The maximum absolute atomic E-state index is 5.40. The average Bonchev–Trinajstić information content (AvgIpc) is 3.24. The average molecular weight is 249 g/mol. The van der Waals surface area contributed by atoms with Crippen molar-refractivity contribution in [1.82, 2.24) is 15.0 Å². The highest BCUT2D eigenvalue weighted by atomic mass is 16.5. The normalized spacial score (nSPS) is 21.8. The van der Waals surface area contributed by atoms with Crippen LogP contribution in [-0.4, -0.2) is 27.1 Å². The maximum Gasteiger partial charge on any atom is 0.240 e. The molecule has 2 saturated carbocycles. The van der Waals surface area contributed by atoms with E-state index in [-0.39, 0.29) is 0 Å². The van der Waals surface area contributed by atoms with E-state index >= 15 is 0 Å². The van der Waals surface area contributed by atoms with Gasteiger partial charge in [-0.2, -0.15) is 4.98 Å². The summed E-state index contributed by atoms with van der Waals surface area (Å²) < 4.78 is 5.40. The minimum atomic E-state index is 0.578. The van der Waals surface area contributed by atoms with Crippen molar-refractivity contribution in [2.45, 2.75) is 71.0 Å². The van der Waals surface area contributed by atoms with Gasteiger partial charge in [0.25, 0.3) is 0 Å². The summed E-state index contributed by atoms with van der Waals surface area (Å²) in [6.45, 7) is 7.69. The highest BCUT2D eigenvalue weighted by Gasteiger charge is 2.35. The van der Waals surface area contributed by atoms with Crippen molar-refractivity contribution in [1.29, 1.82) is 0 Å². The third-order valence-corrected chi connectivity index (χ3v) is 4.25. The Bertz CT molecular complexity index is 407. The van der Waals surface area contributed by atoms with Gasteiger partial charge >= 0.3 is 0 Å². The molecule has 1 aromatic rings. The molecule has 0 N–H and O–H groups in total. The quantitative estimate of drug-likeness (QED) is 0.777. The largest absolute Gasteiger partial charge is 0.338 e. The van der Waals surface area contributed by atoms with Gasteiger partial charge in [0.2, 0.25) is 5.89 Å². The molecule has 1 aromatic heterocycles. The molecular formula is C14H23N3O. The van der Waals surface area contributed by atoms with Gasteiger partial charge in [0.1, 0.15) is 0 Å². The molecule has 2 aliphatic rings. The molecule has 1 unspecified atom stereocenters. The predicted molar refractivity (Wildman–Crippen MR) is 69.1 cm³/mol. The predicted octanol–water partition coefficient (Wildman–Crippen LogP) is 2.96. The molecule has 100 valence electrons. The van der Waals surface area contributed by atoms with Gasteiger partial charge in [0, 0.05) is 18.0 Å². The minimum absolute atomic E-state index is 0.578. The molecule has 0 spiro atoms. The maximum atomic E-state index is 5.40. The SMILES string of the molecule is CC(C)C(C)N(Cc1nc(C2CC2)no1)C1CC1. The first-order valence-electron chi connectivity index (χ1n) is 7.23. The van der Waals surface area contributed by atoms with E-state index in [4.69, 9.17) is 4.52 Å². The minimum Gasteiger partial charge on any atom is -0.338 e. The Hall–Kier alpha value is -0.900. The van der Waals surface area contributed by atoms with Crippen LogP contribution in [0.1, 0.15) is 64.1 Å². The van der Waals surface area contributed by atoms with E-state index in [1.165, 1.54) is 25.7 Å². The Morgan fingerprint density at radius 2 is 1.94 bits per heavy atom. The standard InChI is InChI=1S/C14H23N3O/c1-9(2)10(3)17(12-6-7-12)8-13-15-14(16-18-13)11-4-5-11/h9-12H,4-8H2,1-3H3. The summed E-state index contributed by atoms with van der Waals surface area (Å²) in [5, 5.41) is 4.10. The summed E-state index contributed by atoms with van der Waals surface area (Å²) >= 11 is 0. The van der Waals surface area contributed by atoms with E-state index in [2.05, 4.69) is 35.8 Å². The fourth-order valence-corrected chi connectivity index (χ4v) is 2.39. The van der Waals surface area contributed by atoms with Crippen molar-refractivity contribution in [3.05, 3.63) is 11.7 Å². The molecule has 4 nitrogen and oxygen atoms in total. The Balaban J connectivity index is 1.67. The molecule has 18 heavy (non-hydrogen) atoms. The first-order chi connectivity index (χ1) is 8.65. The van der Waals surface area contributed by atoms with Crippen molar-refractivity contribution >= 4 is 0 Å². The van der Waals surface area contributed by atoms with Crippen LogP contribution in [0.5, 0.6) is 0 Å². The number of hydrogen-bond acceptors (Lipinski definition) is 4. The van der Waals surface area contributed by atoms with Crippen LogP contribution < -0.4 is 0 Å². The fraction of sp³-hybridized carbons (Fsp3) is 0.857. The zero-order valence-electron chi connectivity index (χ0n) is 11.6. The van der Waals surface area contributed by atoms with Crippen LogP contribution >= 0.6 is 0 Å². The topological polar surface area (TPSA) is 42.2 Å². The van der Waals surface area contributed by atoms with Gasteiger partial charge in [-0.15, -0.1) is 0 Å². The zero-order chi connectivity index (χ0) is 12.7. The second kappa shape index (κ2) is 4.65. The van der Waals surface area contributed by atoms with Crippen molar-refractivity contribution in [2.75, 3.05) is 0 Å². The molecule has 4 heteroatoms. The van der Waals surface area contributed by atoms with Gasteiger partial charge in [0.15, 0.2) is 5.82 Å². The van der Waals surface area contributed by atoms with Gasteiger partial charge in [-0.1, -0.05) is 19.0 Å². The molecule has 3 rings (SSSR count). The second-order valence-corrected chi connectivity index (χ2v) is 6.21. The molecule has 0 aromatic carbocycles. The van der Waals surface area contributed by atoms with E-state index in [1.54, 1.807) is 0 Å². The van der Waals surface area contributed by atoms with Crippen LogP contribution in [-0.2, 0) is 6.54 Å². The van der Waals surface area contributed by atoms with Gasteiger partial charge in [-0.05, 0) is 38.5 Å². The van der Waals surface area contributed by atoms with E-state index in [0.717, 1.165) is 24.3 Å². The fourth-order valence-electron chi connectivity index (χ4n) is 2.39. The summed E-state index contributed by atoms with van der Waals surface area (Å²) in [6.07, 6.45) is 5.10. The lowest BCUT2D eigenvalue weighted by Gasteiger charge is -2.30. The second-order valence-electron chi connectivity index (χ2n) is 6.21. The van der Waals surface area contributed by atoms with Crippen molar-refractivity contribution in [2.24, 2.45) is 5.92 Å². The lowest BCUT2D eigenvalue weighted by molar-refractivity contribution is 0.132. The molecular weight excluding hydrogens is 226 g/mol. The lowest BCUT2D eigenvalue weighted by atomic mass is 10.0. The Morgan fingerprint density at radius 1 is 1.22 bits per heavy atom. The molecule has 2 aliphatic carbocycles. The Labute approximate surface area is 109 Å². The van der Waals surface area contributed by atoms with Gasteiger partial charge < -0.3 is 4.52 Å². The summed E-state index contributed by atoms with van der Waals surface area (Å²) in [4.78, 5) is 7.08. The van der Waals surface area contributed by atoms with E-state index in [0.29, 0.717) is 17.9 Å². The first-order valence-corrected chi connectivity index (χ1v) is 7.23. The van der Waals surface area contributed by atoms with Crippen molar-refractivity contribution in [3.8, 4) is 0 Å². The molecule has 0 saturated heterocycles. The number of aromatic nitrogens is 2. The third kappa shape index (κ3) is 2.58. The van der Waals surface area contributed by atoms with Gasteiger partial charge in [0.05, 0.1) is 6.54 Å². The first kappa shape index (κ1) is 12.2. The molecule has 0 aliphatic heterocycles. The number of hydrogen-bond donors (Lipinski definition) is 0. The number of nitrogens with zero attached hydrogens (tertiary/aromatic N) is 3. The van der Waals surface area contributed by atoms with Crippen LogP contribution in [0.2, 0.25) is 0 Å². The van der Waals surface area contributed by atoms with Crippen molar-refractivity contribution < 1.29 is 4.52 Å². The summed E-state index contributed by atoms with van der Waals surface area (Å²) in [7, 11) is 0. The van der Waals surface area contributed by atoms with Crippen LogP contribution in [0.25, 0.3) is 0 Å². The molecule has 1 heterocycles. The number of rotatable bonds is 6. The molecule has 1 atom stereocenters. The van der Waals surface area contributed by atoms with Crippen molar-refractivity contribution in [3.63, 3.8) is 0 Å². The molecule has 0 radical (unpaired) electrons. The van der Waals surface area contributed by atoms with Crippen LogP contribution in [0.4, 0.5) is 0 Å². The third-order valence-electron chi connectivity index (χ3n) is 4.25. The van der Waals surface area contributed by atoms with Crippen LogP contribution in [0.3, 0.4) is 0 Å². The summed E-state index contributed by atoms with van der Waals surface area (Å²) in [5.41, 5.74) is 0. The summed E-state index contributed by atoms with van der Waals surface area (Å²) in [5.74, 6) is 2.98. The van der Waals surface area contributed by atoms with E-state index in [9.17, 15) is 0 Å². The summed E-state index contributed by atoms with van der Waals surface area (Å²) in [6, 6.07) is 1.31. The molecule has 0 amide bonds. The monoisotopic (exact) mass is 249 g/mol. The lowest BCUT2D eigenvalue weighted by Crippen LogP contribution is -2.38. The van der Waals surface area contributed by atoms with E-state index < -0.39 is 0 Å².